The van der Waals surface area contributed by atoms with Gasteiger partial charge in [0.15, 0.2) is 0 Å². The van der Waals surface area contributed by atoms with Crippen LogP contribution in [-0.2, 0) is 6.67 Å². The topological polar surface area (TPSA) is 38.1 Å². The van der Waals surface area contributed by atoms with Gasteiger partial charge >= 0.3 is 0 Å². The fourth-order valence-corrected chi connectivity index (χ4v) is 2.39. The number of benzene rings is 1. The molecule has 1 aromatic heterocycles. The van der Waals surface area contributed by atoms with E-state index in [2.05, 4.69) is 5.10 Å². The van der Waals surface area contributed by atoms with Crippen molar-refractivity contribution >= 4 is 34.0 Å². The van der Waals surface area contributed by atoms with Crippen molar-refractivity contribution in [3.8, 4) is 0 Å². The molecule has 0 saturated carbocycles. The summed E-state index contributed by atoms with van der Waals surface area (Å²) in [6.45, 7) is 1.76. The van der Waals surface area contributed by atoms with Crippen LogP contribution in [0.4, 0.5) is 0 Å². The van der Waals surface area contributed by atoms with Crippen LogP contribution in [0.1, 0.15) is 0 Å². The van der Waals surface area contributed by atoms with Crippen molar-refractivity contribution in [1.29, 1.82) is 0 Å². The molecule has 2 aromatic rings. The van der Waals surface area contributed by atoms with Gasteiger partial charge in [0.2, 0.25) is 0 Å². The molecule has 1 heterocycles. The van der Waals surface area contributed by atoms with Crippen LogP contribution < -0.4 is 5.56 Å². The van der Waals surface area contributed by atoms with E-state index >= 15 is 0 Å². The quantitative estimate of drug-likeness (QED) is 0.767. The minimum Gasteiger partial charge on any atom is -0.282 e. The van der Waals surface area contributed by atoms with Gasteiger partial charge in [-0.25, -0.2) is 4.68 Å². The van der Waals surface area contributed by atoms with Gasteiger partial charge in [0.05, 0.1) is 18.3 Å². The first-order valence-electron chi connectivity index (χ1n) is 6.05. The summed E-state index contributed by atoms with van der Waals surface area (Å²) in [5, 5.41) is 5.71. The van der Waals surface area contributed by atoms with Gasteiger partial charge in [-0.2, -0.15) is 5.10 Å². The number of aromatic nitrogens is 2. The Balaban J connectivity index is 2.29. The molecule has 2 rings (SSSR count). The summed E-state index contributed by atoms with van der Waals surface area (Å²) < 4.78 is 1.45. The smallest absolute Gasteiger partial charge is 0.275 e. The van der Waals surface area contributed by atoms with Crippen molar-refractivity contribution in [3.05, 3.63) is 40.8 Å². The number of fused-ring (bicyclic) bond motifs is 1. The molecule has 1 aromatic carbocycles. The van der Waals surface area contributed by atoms with Crippen LogP contribution in [0.3, 0.4) is 0 Å². The first-order chi connectivity index (χ1) is 9.26. The zero-order valence-electron chi connectivity index (χ0n) is 10.4. The third kappa shape index (κ3) is 3.47. The lowest BCUT2D eigenvalue weighted by molar-refractivity contribution is 0.227. The molecule has 0 saturated heterocycles. The Morgan fingerprint density at radius 1 is 1.16 bits per heavy atom. The van der Waals surface area contributed by atoms with Gasteiger partial charge in [-0.05, 0) is 6.07 Å². The van der Waals surface area contributed by atoms with Gasteiger partial charge in [0.25, 0.3) is 5.56 Å². The minimum atomic E-state index is -0.0905. The van der Waals surface area contributed by atoms with Crippen molar-refractivity contribution in [2.45, 2.75) is 6.67 Å². The second-order valence-corrected chi connectivity index (χ2v) is 4.93. The summed E-state index contributed by atoms with van der Waals surface area (Å²) in [7, 11) is 0. The molecule has 0 spiro atoms. The zero-order chi connectivity index (χ0) is 13.7. The molecule has 102 valence electrons. The van der Waals surface area contributed by atoms with Gasteiger partial charge < -0.3 is 0 Å². The van der Waals surface area contributed by atoms with E-state index in [-0.39, 0.29) is 5.56 Å². The van der Waals surface area contributed by atoms with Crippen molar-refractivity contribution in [1.82, 2.24) is 14.7 Å². The van der Waals surface area contributed by atoms with Crippen molar-refractivity contribution < 1.29 is 0 Å². The lowest BCUT2D eigenvalue weighted by atomic mass is 10.2. The van der Waals surface area contributed by atoms with E-state index in [1.165, 1.54) is 4.68 Å². The molecule has 0 fully saturated rings. The van der Waals surface area contributed by atoms with Gasteiger partial charge in [-0.3, -0.25) is 9.69 Å². The van der Waals surface area contributed by atoms with Crippen LogP contribution in [0.15, 0.2) is 35.3 Å². The van der Waals surface area contributed by atoms with Crippen LogP contribution in [0.5, 0.6) is 0 Å². The number of rotatable bonds is 6. The Labute approximate surface area is 121 Å². The highest BCUT2D eigenvalue weighted by atomic mass is 35.5. The summed E-state index contributed by atoms with van der Waals surface area (Å²) in [4.78, 5) is 14.3. The van der Waals surface area contributed by atoms with E-state index in [9.17, 15) is 4.79 Å². The van der Waals surface area contributed by atoms with Gasteiger partial charge in [-0.15, -0.1) is 23.2 Å². The Bertz CT molecular complexity index is 594. The molecule has 4 nitrogen and oxygen atoms in total. The first-order valence-corrected chi connectivity index (χ1v) is 7.12. The highest BCUT2D eigenvalue weighted by molar-refractivity contribution is 6.18. The fraction of sp³-hybridized carbons (Fsp3) is 0.385. The molecule has 0 aliphatic heterocycles. The fourth-order valence-electron chi connectivity index (χ4n) is 1.91. The van der Waals surface area contributed by atoms with Gasteiger partial charge in [-0.1, -0.05) is 18.2 Å². The second-order valence-electron chi connectivity index (χ2n) is 4.17. The van der Waals surface area contributed by atoms with Crippen LogP contribution in [0.2, 0.25) is 0 Å². The maximum atomic E-state index is 12.3. The number of alkyl halides is 2. The van der Waals surface area contributed by atoms with E-state index in [0.717, 1.165) is 5.39 Å². The first kappa shape index (κ1) is 14.3. The predicted molar refractivity (Wildman–Crippen MR) is 79.0 cm³/mol. The van der Waals surface area contributed by atoms with E-state index in [0.29, 0.717) is 36.9 Å². The molecule has 0 aliphatic rings. The molecule has 0 aliphatic carbocycles. The van der Waals surface area contributed by atoms with E-state index < -0.39 is 0 Å². The predicted octanol–water partition coefficient (Wildman–Crippen LogP) is 2.13. The van der Waals surface area contributed by atoms with Crippen LogP contribution in [0.25, 0.3) is 10.8 Å². The van der Waals surface area contributed by atoms with Crippen LogP contribution >= 0.6 is 23.2 Å². The van der Waals surface area contributed by atoms with E-state index in [1.807, 2.05) is 29.2 Å². The maximum Gasteiger partial charge on any atom is 0.275 e. The van der Waals surface area contributed by atoms with Crippen LogP contribution in [0, 0.1) is 0 Å². The Morgan fingerprint density at radius 2 is 1.84 bits per heavy atom. The molecule has 0 N–H and O–H groups in total. The van der Waals surface area contributed by atoms with Crippen molar-refractivity contribution in [2.75, 3.05) is 24.8 Å². The van der Waals surface area contributed by atoms with Crippen molar-refractivity contribution in [2.24, 2.45) is 0 Å². The summed E-state index contributed by atoms with van der Waals surface area (Å²) in [5.74, 6) is 0.998. The summed E-state index contributed by atoms with van der Waals surface area (Å²) in [5.41, 5.74) is -0.0905. The monoisotopic (exact) mass is 299 g/mol. The molecular weight excluding hydrogens is 285 g/mol. The highest BCUT2D eigenvalue weighted by Gasteiger charge is 2.08. The number of nitrogens with zero attached hydrogens (tertiary/aromatic N) is 3. The number of halogens is 2. The molecule has 0 atom stereocenters. The summed E-state index contributed by atoms with van der Waals surface area (Å²) >= 11 is 11.5. The Hall–Kier alpha value is -1.10. The SMILES string of the molecule is O=c1c2ccccc2cnn1CN(CCCl)CCCl. The standard InChI is InChI=1S/C13H15Cl2N3O/c14-5-7-17(8-6-15)10-18-13(19)12-4-2-1-3-11(12)9-16-18/h1-4,9H,5-8,10H2. The minimum absolute atomic E-state index is 0.0905. The number of hydrogen-bond donors (Lipinski definition) is 0. The van der Waals surface area contributed by atoms with Gasteiger partial charge in [0, 0.05) is 30.2 Å². The molecule has 0 amide bonds. The maximum absolute atomic E-state index is 12.3. The lowest BCUT2D eigenvalue weighted by Gasteiger charge is -2.20. The van der Waals surface area contributed by atoms with Crippen LogP contribution in [-0.4, -0.2) is 39.5 Å². The normalized spacial score (nSPS) is 11.3. The largest absolute Gasteiger partial charge is 0.282 e. The highest BCUT2D eigenvalue weighted by Crippen LogP contribution is 2.06. The van der Waals surface area contributed by atoms with Crippen molar-refractivity contribution in [3.63, 3.8) is 0 Å². The molecule has 6 heteroatoms. The zero-order valence-corrected chi connectivity index (χ0v) is 11.9. The average Bonchev–Trinajstić information content (AvgIpc) is 2.43. The third-order valence-electron chi connectivity index (χ3n) is 2.90. The van der Waals surface area contributed by atoms with E-state index in [1.54, 1.807) is 6.20 Å². The molecule has 19 heavy (non-hydrogen) atoms. The Kier molecular flexibility index (Phi) is 5.19. The average molecular weight is 300 g/mol. The molecule has 0 radical (unpaired) electrons. The lowest BCUT2D eigenvalue weighted by Crippen LogP contribution is -2.36. The summed E-state index contributed by atoms with van der Waals surface area (Å²) in [6.07, 6.45) is 1.70. The Morgan fingerprint density at radius 3 is 2.53 bits per heavy atom. The molecule has 0 unspecified atom stereocenters. The second kappa shape index (κ2) is 6.89. The molecular formula is C13H15Cl2N3O. The number of hydrogen-bond acceptors (Lipinski definition) is 3. The third-order valence-corrected chi connectivity index (χ3v) is 3.24. The van der Waals surface area contributed by atoms with Gasteiger partial charge in [0.1, 0.15) is 0 Å². The van der Waals surface area contributed by atoms with E-state index in [4.69, 9.17) is 23.2 Å². The summed E-state index contributed by atoms with van der Waals surface area (Å²) in [6, 6.07) is 7.43. The molecule has 0 bridgehead atoms.